The zero-order valence-corrected chi connectivity index (χ0v) is 4.53. The van der Waals surface area contributed by atoms with Gasteiger partial charge in [0, 0.05) is 0 Å². The molecule has 5 heteroatoms. The molecule has 0 spiro atoms. The Bertz CT molecular complexity index is 145. The van der Waals surface area contributed by atoms with Crippen LogP contribution in [0.15, 0.2) is 4.99 Å². The fourth-order valence-electron chi connectivity index (χ4n) is 0.452. The van der Waals surface area contributed by atoms with E-state index >= 15 is 0 Å². The van der Waals surface area contributed by atoms with Crippen LogP contribution < -0.4 is 0 Å². The van der Waals surface area contributed by atoms with E-state index in [0.717, 1.165) is 0 Å². The molecule has 0 atom stereocenters. The molecule has 0 aromatic rings. The highest BCUT2D eigenvalue weighted by Gasteiger charge is 2.10. The van der Waals surface area contributed by atoms with Gasteiger partial charge in [-0.25, -0.2) is 4.79 Å². The zero-order chi connectivity index (χ0) is 6.69. The first-order valence-corrected chi connectivity index (χ1v) is 2.30. The lowest BCUT2D eigenvalue weighted by Crippen LogP contribution is -2.02. The van der Waals surface area contributed by atoms with Gasteiger partial charge in [-0.05, 0) is 0 Å². The molecule has 1 aliphatic rings. The number of hydrogen-bond donors (Lipinski definition) is 1. The van der Waals surface area contributed by atoms with E-state index in [2.05, 4.69) is 14.5 Å². The molecule has 1 heterocycles. The fraction of sp³-hybridized carbons (Fsp3) is 0.500. The van der Waals surface area contributed by atoms with E-state index in [9.17, 15) is 4.79 Å². The first kappa shape index (κ1) is 6.03. The lowest BCUT2D eigenvalue weighted by molar-refractivity contribution is 0.0889. The first-order valence-electron chi connectivity index (χ1n) is 2.30. The summed E-state index contributed by atoms with van der Waals surface area (Å²) in [6.07, 6.45) is -1.25. The van der Waals surface area contributed by atoms with Gasteiger partial charge in [0.25, 0.3) is 0 Å². The molecule has 0 aromatic carbocycles. The smallest absolute Gasteiger partial charge is 0.434 e. The quantitative estimate of drug-likeness (QED) is 0.505. The van der Waals surface area contributed by atoms with Crippen LogP contribution in [0.1, 0.15) is 0 Å². The zero-order valence-electron chi connectivity index (χ0n) is 4.53. The van der Waals surface area contributed by atoms with Crippen LogP contribution in [0.5, 0.6) is 0 Å². The molecule has 1 fully saturated rings. The second-order valence-electron chi connectivity index (χ2n) is 1.40. The van der Waals surface area contributed by atoms with Crippen molar-refractivity contribution < 1.29 is 19.4 Å². The van der Waals surface area contributed by atoms with Crippen molar-refractivity contribution in [3.05, 3.63) is 0 Å². The average Bonchev–Trinajstić information content (AvgIpc) is 2.15. The Labute approximate surface area is 50.9 Å². The number of hydrogen-bond acceptors (Lipinski definition) is 3. The summed E-state index contributed by atoms with van der Waals surface area (Å²) in [7, 11) is 0. The van der Waals surface area contributed by atoms with Gasteiger partial charge in [0.1, 0.15) is 6.61 Å². The lowest BCUT2D eigenvalue weighted by Gasteiger charge is -1.87. The Morgan fingerprint density at radius 1 is 1.78 bits per heavy atom. The van der Waals surface area contributed by atoms with Gasteiger partial charge in [-0.2, -0.15) is 0 Å². The van der Waals surface area contributed by atoms with Crippen molar-refractivity contribution in [3.63, 3.8) is 0 Å². The molecule has 1 aliphatic heterocycles. The number of aliphatic imine (C=N–C) groups is 1. The summed E-state index contributed by atoms with van der Waals surface area (Å²) in [5, 5.41) is 8.05. The second-order valence-corrected chi connectivity index (χ2v) is 1.40. The van der Waals surface area contributed by atoms with Gasteiger partial charge in [0.05, 0.1) is 0 Å². The van der Waals surface area contributed by atoms with E-state index in [0.29, 0.717) is 0 Å². The topological polar surface area (TPSA) is 68.1 Å². The van der Waals surface area contributed by atoms with Gasteiger partial charge >= 0.3 is 6.09 Å². The first-order chi connectivity index (χ1) is 4.29. The third-order valence-corrected chi connectivity index (χ3v) is 0.755. The molecule has 0 bridgehead atoms. The Morgan fingerprint density at radius 2 is 2.56 bits per heavy atom. The largest absolute Gasteiger partial charge is 0.463 e. The molecular weight excluding hydrogens is 126 g/mol. The van der Waals surface area contributed by atoms with Crippen molar-refractivity contribution in [2.24, 2.45) is 4.99 Å². The van der Waals surface area contributed by atoms with Crippen LogP contribution in [0, 0.1) is 0 Å². The molecule has 0 saturated carbocycles. The predicted molar refractivity (Wildman–Crippen MR) is 27.4 cm³/mol. The maximum atomic E-state index is 9.83. The molecule has 50 valence electrons. The van der Waals surface area contributed by atoms with Crippen LogP contribution in [0.3, 0.4) is 0 Å². The average molecular weight is 131 g/mol. The van der Waals surface area contributed by atoms with Gasteiger partial charge in [0.2, 0.25) is 5.90 Å². The molecule has 0 aliphatic carbocycles. The van der Waals surface area contributed by atoms with Crippen molar-refractivity contribution in [2.45, 2.75) is 0 Å². The third kappa shape index (κ3) is 1.69. The summed E-state index contributed by atoms with van der Waals surface area (Å²) in [4.78, 5) is 12.9. The number of carbonyl (C=O) groups is 1. The van der Waals surface area contributed by atoms with Gasteiger partial charge in [-0.1, -0.05) is 0 Å². The fourth-order valence-corrected chi connectivity index (χ4v) is 0.452. The number of amides is 1. The third-order valence-electron chi connectivity index (χ3n) is 0.755. The van der Waals surface area contributed by atoms with E-state index in [1.165, 1.54) is 0 Å². The molecule has 9 heavy (non-hydrogen) atoms. The number of rotatable bonds is 0. The van der Waals surface area contributed by atoms with E-state index in [4.69, 9.17) is 5.11 Å². The van der Waals surface area contributed by atoms with Gasteiger partial charge in [-0.3, -0.25) is 0 Å². The molecule has 1 saturated heterocycles. The van der Waals surface area contributed by atoms with Crippen LogP contribution in [0.2, 0.25) is 0 Å². The molecule has 0 aromatic heterocycles. The van der Waals surface area contributed by atoms with E-state index in [-0.39, 0.29) is 19.3 Å². The Balaban J connectivity index is 2.49. The number of carboxylic acid groups (broad SMARTS) is 1. The molecule has 1 amide bonds. The maximum Gasteiger partial charge on any atom is 0.434 e. The van der Waals surface area contributed by atoms with Crippen LogP contribution in [0.25, 0.3) is 0 Å². The minimum Gasteiger partial charge on any atom is -0.463 e. The van der Waals surface area contributed by atoms with Crippen LogP contribution in [0.4, 0.5) is 4.79 Å². The minimum atomic E-state index is -1.25. The van der Waals surface area contributed by atoms with E-state index in [1.807, 2.05) is 0 Å². The van der Waals surface area contributed by atoms with Gasteiger partial charge in [-0.15, -0.1) is 4.99 Å². The monoisotopic (exact) mass is 131 g/mol. The number of ether oxygens (including phenoxy) is 2. The Morgan fingerprint density at radius 3 is 3.00 bits per heavy atom. The van der Waals surface area contributed by atoms with Crippen molar-refractivity contribution in [1.82, 2.24) is 0 Å². The number of nitrogens with zero attached hydrogens (tertiary/aromatic N) is 1. The summed E-state index contributed by atoms with van der Waals surface area (Å²) in [5.41, 5.74) is 0. The van der Waals surface area contributed by atoms with Crippen LogP contribution in [-0.4, -0.2) is 30.5 Å². The van der Waals surface area contributed by atoms with Crippen LogP contribution >= 0.6 is 0 Å². The second kappa shape index (κ2) is 2.45. The van der Waals surface area contributed by atoms with E-state index in [1.54, 1.807) is 0 Å². The summed E-state index contributed by atoms with van der Waals surface area (Å²) in [6, 6.07) is 0. The lowest BCUT2D eigenvalue weighted by atomic mass is 10.7. The summed E-state index contributed by atoms with van der Waals surface area (Å²) in [5.74, 6) is 0.127. The molecular formula is C4H5NO4. The Hall–Kier alpha value is -1.10. The highest BCUT2D eigenvalue weighted by atomic mass is 16.7. The van der Waals surface area contributed by atoms with E-state index < -0.39 is 6.09 Å². The summed E-state index contributed by atoms with van der Waals surface area (Å²) in [6.45, 7) is 0.262. The Kier molecular flexibility index (Phi) is 1.64. The predicted octanol–water partition coefficient (Wildman–Crippen LogP) is 0.0672. The molecule has 1 N–H and O–H groups in total. The van der Waals surface area contributed by atoms with Crippen molar-refractivity contribution >= 4 is 12.0 Å². The molecule has 1 rings (SSSR count). The standard InChI is InChI=1S/C4H5NO4/c6-4(7)5-3-1-8-2-9-3/h1-2H2,(H,6,7). The van der Waals surface area contributed by atoms with Crippen molar-refractivity contribution in [3.8, 4) is 0 Å². The summed E-state index contributed by atoms with van der Waals surface area (Å²) < 4.78 is 9.25. The normalized spacial score (nSPS) is 22.0. The highest BCUT2D eigenvalue weighted by Crippen LogP contribution is 1.95. The van der Waals surface area contributed by atoms with Crippen molar-refractivity contribution in [1.29, 1.82) is 0 Å². The van der Waals surface area contributed by atoms with Crippen molar-refractivity contribution in [2.75, 3.05) is 13.4 Å². The maximum absolute atomic E-state index is 9.83. The van der Waals surface area contributed by atoms with Crippen LogP contribution in [-0.2, 0) is 9.47 Å². The summed E-state index contributed by atoms with van der Waals surface area (Å²) >= 11 is 0. The molecule has 5 nitrogen and oxygen atoms in total. The SMILES string of the molecule is O=C(O)N=C1COCO1. The molecule has 0 unspecified atom stereocenters. The van der Waals surface area contributed by atoms with Gasteiger partial charge in [0.15, 0.2) is 6.79 Å². The minimum absolute atomic E-state index is 0.103. The van der Waals surface area contributed by atoms with Gasteiger partial charge < -0.3 is 14.6 Å². The highest BCUT2D eigenvalue weighted by molar-refractivity contribution is 5.88. The molecule has 0 radical (unpaired) electrons.